The molecule has 0 N–H and O–H groups in total. The molecule has 0 atom stereocenters. The lowest BCUT2D eigenvalue weighted by Crippen LogP contribution is -2.31. The summed E-state index contributed by atoms with van der Waals surface area (Å²) in [5, 5.41) is 17.9. The van der Waals surface area contributed by atoms with E-state index in [1.807, 2.05) is 12.1 Å². The third-order valence-corrected chi connectivity index (χ3v) is 3.71. The van der Waals surface area contributed by atoms with E-state index >= 15 is 0 Å². The first-order valence-electron chi connectivity index (χ1n) is 6.98. The lowest BCUT2D eigenvalue weighted by atomic mass is 10.1. The second-order valence-corrected chi connectivity index (χ2v) is 5.02. The second kappa shape index (κ2) is 5.74. The van der Waals surface area contributed by atoms with Crippen LogP contribution in [0.15, 0.2) is 30.6 Å². The third kappa shape index (κ3) is 2.34. The van der Waals surface area contributed by atoms with E-state index in [2.05, 4.69) is 4.98 Å². The molecule has 1 aromatic carbocycles. The summed E-state index contributed by atoms with van der Waals surface area (Å²) in [6, 6.07) is 10.5. The number of carbonyl (C=O) groups is 2. The Hall–Kier alpha value is -3.45. The van der Waals surface area contributed by atoms with Gasteiger partial charge >= 0.3 is 0 Å². The fourth-order valence-corrected chi connectivity index (χ4v) is 2.59. The van der Waals surface area contributed by atoms with Crippen molar-refractivity contribution in [2.45, 2.75) is 13.0 Å². The Bertz CT molecular complexity index is 850. The van der Waals surface area contributed by atoms with Gasteiger partial charge in [-0.15, -0.1) is 0 Å². The third-order valence-electron chi connectivity index (χ3n) is 3.71. The molecule has 0 spiro atoms. The Balaban J connectivity index is 1.68. The summed E-state index contributed by atoms with van der Waals surface area (Å²) in [5.74, 6) is -0.594. The number of nitrogens with zero attached hydrogens (tertiary/aromatic N) is 5. The van der Waals surface area contributed by atoms with Crippen molar-refractivity contribution in [3.8, 4) is 12.1 Å². The van der Waals surface area contributed by atoms with Crippen LogP contribution in [-0.2, 0) is 6.54 Å². The Morgan fingerprint density at radius 2 is 1.65 bits per heavy atom. The van der Waals surface area contributed by atoms with Crippen molar-refractivity contribution in [1.82, 2.24) is 14.5 Å². The number of rotatable bonds is 4. The molecule has 0 fully saturated rings. The molecular weight excluding hydrogens is 294 g/mol. The molecule has 3 rings (SSSR count). The molecule has 0 saturated carbocycles. The normalized spacial score (nSPS) is 12.9. The highest BCUT2D eigenvalue weighted by atomic mass is 16.2. The average molecular weight is 305 g/mol. The molecule has 1 aliphatic rings. The predicted octanol–water partition coefficient (Wildman–Crippen LogP) is 1.31. The van der Waals surface area contributed by atoms with Gasteiger partial charge in [-0.1, -0.05) is 12.1 Å². The summed E-state index contributed by atoms with van der Waals surface area (Å²) >= 11 is 0. The molecule has 23 heavy (non-hydrogen) atoms. The van der Waals surface area contributed by atoms with Crippen LogP contribution >= 0.6 is 0 Å². The zero-order valence-corrected chi connectivity index (χ0v) is 12.1. The van der Waals surface area contributed by atoms with Crippen LogP contribution in [0.3, 0.4) is 0 Å². The highest BCUT2D eigenvalue weighted by Gasteiger charge is 2.34. The minimum atomic E-state index is -0.297. The van der Waals surface area contributed by atoms with E-state index in [1.54, 1.807) is 28.8 Å². The lowest BCUT2D eigenvalue weighted by Gasteiger charge is -2.13. The molecule has 0 unspecified atom stereocenters. The summed E-state index contributed by atoms with van der Waals surface area (Å²) in [4.78, 5) is 29.5. The van der Waals surface area contributed by atoms with Crippen molar-refractivity contribution in [3.63, 3.8) is 0 Å². The van der Waals surface area contributed by atoms with Crippen LogP contribution in [0.2, 0.25) is 0 Å². The number of hydrogen-bond acceptors (Lipinski definition) is 5. The predicted molar refractivity (Wildman–Crippen MR) is 78.1 cm³/mol. The SMILES string of the molecule is N#Cc1ncn(CCCN2C(=O)c3ccccc3C2=O)c1C#N. The molecule has 7 nitrogen and oxygen atoms in total. The number of aromatic nitrogens is 2. The van der Waals surface area contributed by atoms with Crippen LogP contribution in [0.4, 0.5) is 0 Å². The quantitative estimate of drug-likeness (QED) is 0.792. The topological polar surface area (TPSA) is 103 Å². The Labute approximate surface area is 132 Å². The number of nitriles is 2. The van der Waals surface area contributed by atoms with Crippen LogP contribution in [0.1, 0.15) is 38.5 Å². The van der Waals surface area contributed by atoms with Crippen molar-refractivity contribution in [1.29, 1.82) is 10.5 Å². The van der Waals surface area contributed by atoms with Gasteiger partial charge in [0.05, 0.1) is 17.5 Å². The number of hydrogen-bond donors (Lipinski definition) is 0. The second-order valence-electron chi connectivity index (χ2n) is 5.02. The number of imide groups is 1. The highest BCUT2D eigenvalue weighted by molar-refractivity contribution is 6.21. The van der Waals surface area contributed by atoms with Crippen LogP contribution in [0.5, 0.6) is 0 Å². The Morgan fingerprint density at radius 1 is 1.00 bits per heavy atom. The molecule has 1 aliphatic heterocycles. The zero-order valence-electron chi connectivity index (χ0n) is 12.1. The lowest BCUT2D eigenvalue weighted by molar-refractivity contribution is 0.0651. The molecule has 0 bridgehead atoms. The van der Waals surface area contributed by atoms with Gasteiger partial charge in [-0.3, -0.25) is 14.5 Å². The molecular formula is C16H11N5O2. The molecule has 0 aliphatic carbocycles. The van der Waals surface area contributed by atoms with Gasteiger partial charge < -0.3 is 4.57 Å². The van der Waals surface area contributed by atoms with Gasteiger partial charge in [0.1, 0.15) is 12.1 Å². The molecule has 7 heteroatoms. The number of aryl methyl sites for hydroxylation is 1. The smallest absolute Gasteiger partial charge is 0.261 e. The molecule has 2 heterocycles. The van der Waals surface area contributed by atoms with Gasteiger partial charge in [0.2, 0.25) is 0 Å². The molecule has 1 aromatic heterocycles. The van der Waals surface area contributed by atoms with Crippen molar-refractivity contribution in [2.24, 2.45) is 0 Å². The number of carbonyl (C=O) groups excluding carboxylic acids is 2. The summed E-state index contributed by atoms with van der Waals surface area (Å²) in [6.07, 6.45) is 1.89. The van der Waals surface area contributed by atoms with Crippen LogP contribution < -0.4 is 0 Å². The van der Waals surface area contributed by atoms with E-state index < -0.39 is 0 Å². The van der Waals surface area contributed by atoms with Crippen LogP contribution in [-0.4, -0.2) is 32.8 Å². The van der Waals surface area contributed by atoms with Gasteiger partial charge in [0.25, 0.3) is 11.8 Å². The Kier molecular flexibility index (Phi) is 3.62. The van der Waals surface area contributed by atoms with E-state index in [0.717, 1.165) is 0 Å². The first-order valence-corrected chi connectivity index (χ1v) is 6.98. The molecule has 2 aromatic rings. The van der Waals surface area contributed by atoms with Crippen molar-refractivity contribution in [3.05, 3.63) is 53.1 Å². The largest absolute Gasteiger partial charge is 0.321 e. The monoisotopic (exact) mass is 305 g/mol. The summed E-state index contributed by atoms with van der Waals surface area (Å²) in [7, 11) is 0. The van der Waals surface area contributed by atoms with E-state index in [-0.39, 0.29) is 29.7 Å². The maximum absolute atomic E-state index is 12.2. The highest BCUT2D eigenvalue weighted by Crippen LogP contribution is 2.22. The number of imidazole rings is 1. The summed E-state index contributed by atoms with van der Waals surface area (Å²) in [6.45, 7) is 0.641. The van der Waals surface area contributed by atoms with E-state index in [4.69, 9.17) is 10.5 Å². The van der Waals surface area contributed by atoms with Crippen molar-refractivity contribution < 1.29 is 9.59 Å². The van der Waals surface area contributed by atoms with Gasteiger partial charge in [0.15, 0.2) is 11.4 Å². The number of fused-ring (bicyclic) bond motifs is 1. The summed E-state index contributed by atoms with van der Waals surface area (Å²) in [5.41, 5.74) is 1.11. The standard InChI is InChI=1S/C16H11N5O2/c17-8-13-14(9-18)20(10-19-13)6-3-7-21-15(22)11-4-1-2-5-12(11)16(21)23/h1-2,4-5,10H,3,6-7H2. The Morgan fingerprint density at radius 3 is 2.22 bits per heavy atom. The van der Waals surface area contributed by atoms with Gasteiger partial charge in [-0.2, -0.15) is 10.5 Å². The first-order chi connectivity index (χ1) is 11.2. The van der Waals surface area contributed by atoms with Gasteiger partial charge in [-0.25, -0.2) is 4.98 Å². The fourth-order valence-electron chi connectivity index (χ4n) is 2.59. The number of amides is 2. The van der Waals surface area contributed by atoms with Crippen LogP contribution in [0, 0.1) is 22.7 Å². The van der Waals surface area contributed by atoms with E-state index in [1.165, 1.54) is 11.2 Å². The summed E-state index contributed by atoms with van der Waals surface area (Å²) < 4.78 is 1.55. The zero-order chi connectivity index (χ0) is 16.4. The van der Waals surface area contributed by atoms with Crippen LogP contribution in [0.25, 0.3) is 0 Å². The van der Waals surface area contributed by atoms with Crippen molar-refractivity contribution >= 4 is 11.8 Å². The molecule has 2 amide bonds. The molecule has 0 saturated heterocycles. The van der Waals surface area contributed by atoms with E-state index in [9.17, 15) is 9.59 Å². The van der Waals surface area contributed by atoms with Gasteiger partial charge in [-0.05, 0) is 18.6 Å². The van der Waals surface area contributed by atoms with E-state index in [0.29, 0.717) is 24.1 Å². The first kappa shape index (κ1) is 14.5. The van der Waals surface area contributed by atoms with Crippen molar-refractivity contribution in [2.75, 3.05) is 6.54 Å². The maximum atomic E-state index is 12.2. The average Bonchev–Trinajstić information content (AvgIpc) is 3.09. The minimum absolute atomic E-state index is 0.0771. The molecule has 0 radical (unpaired) electrons. The number of benzene rings is 1. The minimum Gasteiger partial charge on any atom is -0.321 e. The fraction of sp³-hybridized carbons (Fsp3) is 0.188. The van der Waals surface area contributed by atoms with Gasteiger partial charge in [0, 0.05) is 13.1 Å². The maximum Gasteiger partial charge on any atom is 0.261 e. The molecule has 112 valence electrons.